The van der Waals surface area contributed by atoms with Gasteiger partial charge in [0.05, 0.1) is 10.9 Å². The van der Waals surface area contributed by atoms with Crippen LogP contribution in [0.1, 0.15) is 29.2 Å². The van der Waals surface area contributed by atoms with Crippen molar-refractivity contribution in [1.29, 1.82) is 0 Å². The molecule has 2 aromatic carbocycles. The molecule has 0 spiro atoms. The number of aryl methyl sites for hydroxylation is 1. The highest BCUT2D eigenvalue weighted by molar-refractivity contribution is 7.89. The standard InChI is InChI=1S/C18H20ClN3O3S/c1-11-15(4-3-5-17(11)26(24,25)20-2)21-18(23)22-16-9-6-12-10-13(19)7-8-14(12)16/h3-5,7-8,10,16,20H,6,9H2,1-2H3,(H2,21,22,23). The zero-order valence-electron chi connectivity index (χ0n) is 14.5. The third kappa shape index (κ3) is 3.70. The lowest BCUT2D eigenvalue weighted by atomic mass is 10.1. The maximum Gasteiger partial charge on any atom is 0.319 e. The van der Waals surface area contributed by atoms with E-state index in [9.17, 15) is 13.2 Å². The normalized spacial score (nSPS) is 16.2. The zero-order chi connectivity index (χ0) is 18.9. The fourth-order valence-corrected chi connectivity index (χ4v) is 4.39. The molecule has 0 bridgehead atoms. The van der Waals surface area contributed by atoms with Gasteiger partial charge >= 0.3 is 6.03 Å². The van der Waals surface area contributed by atoms with E-state index in [1.165, 1.54) is 13.1 Å². The van der Waals surface area contributed by atoms with Crippen molar-refractivity contribution in [2.45, 2.75) is 30.7 Å². The van der Waals surface area contributed by atoms with Crippen LogP contribution < -0.4 is 15.4 Å². The molecule has 0 saturated carbocycles. The molecule has 2 amide bonds. The quantitative estimate of drug-likeness (QED) is 0.744. The summed E-state index contributed by atoms with van der Waals surface area (Å²) in [6, 6.07) is 9.97. The average Bonchev–Trinajstić information content (AvgIpc) is 2.98. The van der Waals surface area contributed by atoms with Crippen molar-refractivity contribution < 1.29 is 13.2 Å². The number of benzene rings is 2. The Labute approximate surface area is 158 Å². The van der Waals surface area contributed by atoms with Gasteiger partial charge in [-0.25, -0.2) is 17.9 Å². The Hall–Kier alpha value is -2.09. The summed E-state index contributed by atoms with van der Waals surface area (Å²) >= 11 is 6.01. The summed E-state index contributed by atoms with van der Waals surface area (Å²) in [6.07, 6.45) is 1.66. The smallest absolute Gasteiger partial charge is 0.319 e. The van der Waals surface area contributed by atoms with Gasteiger partial charge in [-0.1, -0.05) is 23.7 Å². The van der Waals surface area contributed by atoms with Crippen molar-refractivity contribution in [2.75, 3.05) is 12.4 Å². The molecular weight excluding hydrogens is 374 g/mol. The SMILES string of the molecule is CNS(=O)(=O)c1cccc(NC(=O)NC2CCc3cc(Cl)ccc32)c1C. The van der Waals surface area contributed by atoms with E-state index in [-0.39, 0.29) is 17.0 Å². The van der Waals surface area contributed by atoms with Crippen molar-refractivity contribution in [1.82, 2.24) is 10.0 Å². The first-order chi connectivity index (χ1) is 12.3. The van der Waals surface area contributed by atoms with Crippen LogP contribution in [0.4, 0.5) is 10.5 Å². The minimum Gasteiger partial charge on any atom is -0.331 e. The van der Waals surface area contributed by atoms with Crippen molar-refractivity contribution >= 4 is 33.3 Å². The molecule has 8 heteroatoms. The summed E-state index contributed by atoms with van der Waals surface area (Å²) in [7, 11) is -2.24. The van der Waals surface area contributed by atoms with E-state index in [2.05, 4.69) is 15.4 Å². The predicted octanol–water partition coefficient (Wildman–Crippen LogP) is 3.37. The lowest BCUT2D eigenvalue weighted by molar-refractivity contribution is 0.248. The van der Waals surface area contributed by atoms with Crippen LogP contribution in [0.5, 0.6) is 0 Å². The van der Waals surface area contributed by atoms with Gasteiger partial charge in [-0.3, -0.25) is 0 Å². The highest BCUT2D eigenvalue weighted by atomic mass is 35.5. The number of halogens is 1. The Morgan fingerprint density at radius 1 is 1.23 bits per heavy atom. The van der Waals surface area contributed by atoms with E-state index >= 15 is 0 Å². The molecule has 3 rings (SSSR count). The number of hydrogen-bond acceptors (Lipinski definition) is 3. The Bertz CT molecular complexity index is 960. The molecule has 1 atom stereocenters. The molecule has 1 aliphatic rings. The lowest BCUT2D eigenvalue weighted by Crippen LogP contribution is -2.32. The number of amides is 2. The largest absolute Gasteiger partial charge is 0.331 e. The number of urea groups is 1. The highest BCUT2D eigenvalue weighted by Crippen LogP contribution is 2.33. The number of fused-ring (bicyclic) bond motifs is 1. The number of anilines is 1. The molecule has 2 aromatic rings. The number of carbonyl (C=O) groups is 1. The van der Waals surface area contributed by atoms with Gasteiger partial charge in [0.1, 0.15) is 0 Å². The van der Waals surface area contributed by atoms with Crippen molar-refractivity contribution in [3.05, 3.63) is 58.1 Å². The van der Waals surface area contributed by atoms with Crippen LogP contribution in [0.15, 0.2) is 41.3 Å². The fraction of sp³-hybridized carbons (Fsp3) is 0.278. The molecule has 1 unspecified atom stereocenters. The maximum atomic E-state index is 12.4. The van der Waals surface area contributed by atoms with E-state index in [1.807, 2.05) is 18.2 Å². The minimum atomic E-state index is -3.59. The molecule has 0 fully saturated rings. The molecular formula is C18H20ClN3O3S. The molecule has 138 valence electrons. The van der Waals surface area contributed by atoms with Crippen LogP contribution >= 0.6 is 11.6 Å². The number of hydrogen-bond donors (Lipinski definition) is 3. The molecule has 26 heavy (non-hydrogen) atoms. The lowest BCUT2D eigenvalue weighted by Gasteiger charge is -2.17. The first-order valence-electron chi connectivity index (χ1n) is 8.21. The molecule has 6 nitrogen and oxygen atoms in total. The number of carbonyl (C=O) groups excluding carboxylic acids is 1. The van der Waals surface area contributed by atoms with Crippen molar-refractivity contribution in [3.8, 4) is 0 Å². The molecule has 0 radical (unpaired) electrons. The van der Waals surface area contributed by atoms with Crippen LogP contribution in [0.3, 0.4) is 0 Å². The van der Waals surface area contributed by atoms with Crippen molar-refractivity contribution in [3.63, 3.8) is 0 Å². The predicted molar refractivity (Wildman–Crippen MR) is 102 cm³/mol. The first kappa shape index (κ1) is 18.7. The average molecular weight is 394 g/mol. The summed E-state index contributed by atoms with van der Waals surface area (Å²) in [6.45, 7) is 1.66. The third-order valence-corrected chi connectivity index (χ3v) is 6.37. The molecule has 0 aliphatic heterocycles. The van der Waals surface area contributed by atoms with E-state index in [4.69, 9.17) is 11.6 Å². The highest BCUT2D eigenvalue weighted by Gasteiger charge is 2.24. The van der Waals surface area contributed by atoms with Crippen LogP contribution in [-0.4, -0.2) is 21.5 Å². The Kier molecular flexibility index (Phi) is 5.22. The second-order valence-electron chi connectivity index (χ2n) is 6.17. The van der Waals surface area contributed by atoms with Crippen LogP contribution in [0, 0.1) is 6.92 Å². The van der Waals surface area contributed by atoms with Crippen LogP contribution in [0.25, 0.3) is 0 Å². The van der Waals surface area contributed by atoms with Gasteiger partial charge < -0.3 is 10.6 Å². The van der Waals surface area contributed by atoms with Gasteiger partial charge in [-0.2, -0.15) is 0 Å². The van der Waals surface area contributed by atoms with Gasteiger partial charge in [-0.05, 0) is 67.8 Å². The molecule has 0 saturated heterocycles. The third-order valence-electron chi connectivity index (χ3n) is 4.58. The summed E-state index contributed by atoms with van der Waals surface area (Å²) < 4.78 is 26.4. The van der Waals surface area contributed by atoms with Gasteiger partial charge in [-0.15, -0.1) is 0 Å². The van der Waals surface area contributed by atoms with E-state index in [0.717, 1.165) is 24.0 Å². The topological polar surface area (TPSA) is 87.3 Å². The van der Waals surface area contributed by atoms with Gasteiger partial charge in [0, 0.05) is 10.7 Å². The zero-order valence-corrected chi connectivity index (χ0v) is 16.0. The number of sulfonamides is 1. The van der Waals surface area contributed by atoms with Crippen molar-refractivity contribution in [2.24, 2.45) is 0 Å². The summed E-state index contributed by atoms with van der Waals surface area (Å²) in [5.41, 5.74) is 3.14. The summed E-state index contributed by atoms with van der Waals surface area (Å²) in [5, 5.41) is 6.38. The summed E-state index contributed by atoms with van der Waals surface area (Å²) in [4.78, 5) is 12.6. The Morgan fingerprint density at radius 3 is 2.73 bits per heavy atom. The second kappa shape index (κ2) is 7.26. The monoisotopic (exact) mass is 393 g/mol. The van der Waals surface area contributed by atoms with E-state index in [0.29, 0.717) is 16.3 Å². The Morgan fingerprint density at radius 2 is 2.00 bits per heavy atom. The maximum absolute atomic E-state index is 12.4. The van der Waals surface area contributed by atoms with Gasteiger partial charge in [0.25, 0.3) is 0 Å². The first-order valence-corrected chi connectivity index (χ1v) is 10.1. The minimum absolute atomic E-state index is 0.0909. The van der Waals surface area contributed by atoms with E-state index in [1.54, 1.807) is 19.1 Å². The van der Waals surface area contributed by atoms with Gasteiger partial charge in [0.2, 0.25) is 10.0 Å². The number of rotatable bonds is 4. The second-order valence-corrected chi connectivity index (χ2v) is 8.46. The Balaban J connectivity index is 1.75. The molecule has 0 aromatic heterocycles. The molecule has 0 heterocycles. The summed E-state index contributed by atoms with van der Waals surface area (Å²) in [5.74, 6) is 0. The van der Waals surface area contributed by atoms with Crippen LogP contribution in [-0.2, 0) is 16.4 Å². The number of nitrogens with one attached hydrogen (secondary N) is 3. The fourth-order valence-electron chi connectivity index (χ4n) is 3.20. The van der Waals surface area contributed by atoms with E-state index < -0.39 is 10.0 Å². The van der Waals surface area contributed by atoms with Crippen LogP contribution in [0.2, 0.25) is 5.02 Å². The molecule has 3 N–H and O–H groups in total. The molecule has 1 aliphatic carbocycles. The van der Waals surface area contributed by atoms with Gasteiger partial charge in [0.15, 0.2) is 0 Å².